The Morgan fingerprint density at radius 3 is 2.71 bits per heavy atom. The number of aliphatic hydroxyl groups excluding tert-OH is 1. The molecule has 1 aromatic rings. The third kappa shape index (κ3) is 1.92. The van der Waals surface area contributed by atoms with Crippen molar-refractivity contribution in [3.63, 3.8) is 0 Å². The molecule has 0 spiro atoms. The van der Waals surface area contributed by atoms with E-state index in [0.717, 1.165) is 10.6 Å². The van der Waals surface area contributed by atoms with Gasteiger partial charge < -0.3 is 10.8 Å². The van der Waals surface area contributed by atoms with Gasteiger partial charge in [-0.05, 0) is 36.0 Å². The average molecular weight is 212 g/mol. The van der Waals surface area contributed by atoms with Crippen molar-refractivity contribution in [1.29, 1.82) is 0 Å². The Balaban J connectivity index is 2.25. The zero-order valence-electron chi connectivity index (χ0n) is 7.91. The van der Waals surface area contributed by atoms with Crippen LogP contribution in [0, 0.1) is 0 Å². The van der Waals surface area contributed by atoms with Crippen LogP contribution in [0.25, 0.3) is 0 Å². The fourth-order valence-electron chi connectivity index (χ4n) is 1.60. The molecule has 14 heavy (non-hydrogen) atoms. The minimum atomic E-state index is -0.319. The van der Waals surface area contributed by atoms with Gasteiger partial charge in [-0.1, -0.05) is 23.7 Å². The topological polar surface area (TPSA) is 46.2 Å². The van der Waals surface area contributed by atoms with Gasteiger partial charge in [0.25, 0.3) is 0 Å². The van der Waals surface area contributed by atoms with Crippen LogP contribution in [0.4, 0.5) is 0 Å². The van der Waals surface area contributed by atoms with Crippen molar-refractivity contribution < 1.29 is 5.11 Å². The van der Waals surface area contributed by atoms with Crippen molar-refractivity contribution in [2.45, 2.75) is 24.8 Å². The fourth-order valence-corrected chi connectivity index (χ4v) is 1.95. The number of aliphatic hydroxyl groups is 1. The summed E-state index contributed by atoms with van der Waals surface area (Å²) < 4.78 is 0. The zero-order valence-corrected chi connectivity index (χ0v) is 8.67. The molecule has 76 valence electrons. The van der Waals surface area contributed by atoms with E-state index in [2.05, 4.69) is 0 Å². The lowest BCUT2D eigenvalue weighted by Crippen LogP contribution is -2.14. The van der Waals surface area contributed by atoms with Crippen molar-refractivity contribution in [2.24, 2.45) is 5.73 Å². The first-order chi connectivity index (χ1) is 6.72. The standard InChI is InChI=1S/C11H14ClNO/c12-10-5-8(11(13)6-14)3-4-9(10)7-1-2-7/h3-5,7,11,14H,1-2,6,13H2. The molecule has 1 aliphatic carbocycles. The lowest BCUT2D eigenvalue weighted by Gasteiger charge is -2.10. The van der Waals surface area contributed by atoms with Crippen LogP contribution >= 0.6 is 11.6 Å². The molecule has 0 bridgehead atoms. The summed E-state index contributed by atoms with van der Waals surface area (Å²) in [6.07, 6.45) is 2.48. The molecule has 1 fully saturated rings. The van der Waals surface area contributed by atoms with E-state index in [9.17, 15) is 0 Å². The quantitative estimate of drug-likeness (QED) is 0.806. The van der Waals surface area contributed by atoms with Crippen LogP contribution in [-0.2, 0) is 0 Å². The molecule has 0 saturated heterocycles. The maximum absolute atomic E-state index is 8.90. The summed E-state index contributed by atoms with van der Waals surface area (Å²) in [4.78, 5) is 0. The first kappa shape index (κ1) is 9.97. The largest absolute Gasteiger partial charge is 0.394 e. The second-order valence-electron chi connectivity index (χ2n) is 3.84. The van der Waals surface area contributed by atoms with Crippen LogP contribution in [0.15, 0.2) is 18.2 Å². The Kier molecular flexibility index (Phi) is 2.77. The van der Waals surface area contributed by atoms with Gasteiger partial charge in [-0.25, -0.2) is 0 Å². The van der Waals surface area contributed by atoms with Gasteiger partial charge in [0.2, 0.25) is 0 Å². The van der Waals surface area contributed by atoms with Crippen LogP contribution in [0.5, 0.6) is 0 Å². The lowest BCUT2D eigenvalue weighted by molar-refractivity contribution is 0.268. The summed E-state index contributed by atoms with van der Waals surface area (Å²) in [6, 6.07) is 5.54. The van der Waals surface area contributed by atoms with Gasteiger partial charge in [-0.15, -0.1) is 0 Å². The minimum Gasteiger partial charge on any atom is -0.394 e. The first-order valence-corrected chi connectivity index (χ1v) is 5.26. The molecule has 0 aromatic heterocycles. The second-order valence-corrected chi connectivity index (χ2v) is 4.25. The highest BCUT2D eigenvalue weighted by molar-refractivity contribution is 6.31. The predicted octanol–water partition coefficient (Wildman–Crippen LogP) is 2.21. The SMILES string of the molecule is NC(CO)c1ccc(C2CC2)c(Cl)c1. The monoisotopic (exact) mass is 211 g/mol. The summed E-state index contributed by atoms with van der Waals surface area (Å²) >= 11 is 6.13. The van der Waals surface area contributed by atoms with Crippen LogP contribution in [-0.4, -0.2) is 11.7 Å². The van der Waals surface area contributed by atoms with Crippen molar-refractivity contribution >= 4 is 11.6 Å². The van der Waals surface area contributed by atoms with Gasteiger partial charge in [-0.3, -0.25) is 0 Å². The highest BCUT2D eigenvalue weighted by Gasteiger charge is 2.25. The molecule has 0 amide bonds. The number of benzene rings is 1. The molecule has 0 aliphatic heterocycles. The third-order valence-corrected chi connectivity index (χ3v) is 2.99. The smallest absolute Gasteiger partial charge is 0.0624 e. The fraction of sp³-hybridized carbons (Fsp3) is 0.455. The highest BCUT2D eigenvalue weighted by Crippen LogP contribution is 2.43. The van der Waals surface area contributed by atoms with E-state index < -0.39 is 0 Å². The molecule has 3 N–H and O–H groups in total. The van der Waals surface area contributed by atoms with Crippen LogP contribution in [0.3, 0.4) is 0 Å². The van der Waals surface area contributed by atoms with Gasteiger partial charge in [0.05, 0.1) is 12.6 Å². The highest BCUT2D eigenvalue weighted by atomic mass is 35.5. The summed E-state index contributed by atoms with van der Waals surface area (Å²) in [5.74, 6) is 0.655. The molecular weight excluding hydrogens is 198 g/mol. The van der Waals surface area contributed by atoms with Gasteiger partial charge in [-0.2, -0.15) is 0 Å². The molecule has 2 rings (SSSR count). The Bertz CT molecular complexity index is 336. The van der Waals surface area contributed by atoms with Gasteiger partial charge in [0.15, 0.2) is 0 Å². The van der Waals surface area contributed by atoms with E-state index >= 15 is 0 Å². The average Bonchev–Trinajstić information content (AvgIpc) is 3.00. The van der Waals surface area contributed by atoms with E-state index in [0.29, 0.717) is 5.92 Å². The van der Waals surface area contributed by atoms with Gasteiger partial charge >= 0.3 is 0 Å². The van der Waals surface area contributed by atoms with E-state index in [1.54, 1.807) is 0 Å². The molecule has 1 saturated carbocycles. The number of hydrogen-bond acceptors (Lipinski definition) is 2. The molecule has 1 aromatic carbocycles. The maximum atomic E-state index is 8.90. The number of nitrogens with two attached hydrogens (primary N) is 1. The summed E-state index contributed by atoms with van der Waals surface area (Å²) in [7, 11) is 0. The summed E-state index contributed by atoms with van der Waals surface area (Å²) in [5.41, 5.74) is 7.82. The Hall–Kier alpha value is -0.570. The van der Waals surface area contributed by atoms with Crippen molar-refractivity contribution in [2.75, 3.05) is 6.61 Å². The Morgan fingerprint density at radius 1 is 1.50 bits per heavy atom. The van der Waals surface area contributed by atoms with Crippen molar-refractivity contribution in [3.8, 4) is 0 Å². The second kappa shape index (κ2) is 3.89. The molecular formula is C11H14ClNO. The molecule has 3 heteroatoms. The van der Waals surface area contributed by atoms with E-state index in [-0.39, 0.29) is 12.6 Å². The van der Waals surface area contributed by atoms with Crippen LogP contribution in [0.1, 0.15) is 35.9 Å². The number of halogens is 1. The van der Waals surface area contributed by atoms with Gasteiger partial charge in [0, 0.05) is 5.02 Å². The normalized spacial score (nSPS) is 18.2. The maximum Gasteiger partial charge on any atom is 0.0624 e. The molecule has 1 atom stereocenters. The molecule has 1 unspecified atom stereocenters. The minimum absolute atomic E-state index is 0.0426. The molecule has 0 heterocycles. The van der Waals surface area contributed by atoms with E-state index in [1.807, 2.05) is 18.2 Å². The summed E-state index contributed by atoms with van der Waals surface area (Å²) in [5, 5.41) is 9.69. The number of rotatable bonds is 3. The van der Waals surface area contributed by atoms with Crippen molar-refractivity contribution in [3.05, 3.63) is 34.3 Å². The molecule has 0 radical (unpaired) electrons. The van der Waals surface area contributed by atoms with Crippen molar-refractivity contribution in [1.82, 2.24) is 0 Å². The van der Waals surface area contributed by atoms with Crippen LogP contribution in [0.2, 0.25) is 5.02 Å². The molecule has 2 nitrogen and oxygen atoms in total. The predicted molar refractivity (Wildman–Crippen MR) is 57.4 cm³/mol. The van der Waals surface area contributed by atoms with Crippen LogP contribution < -0.4 is 5.73 Å². The van der Waals surface area contributed by atoms with Gasteiger partial charge in [0.1, 0.15) is 0 Å². The Labute approximate surface area is 88.7 Å². The zero-order chi connectivity index (χ0) is 10.1. The Morgan fingerprint density at radius 2 is 2.21 bits per heavy atom. The van der Waals surface area contributed by atoms with E-state index in [1.165, 1.54) is 18.4 Å². The van der Waals surface area contributed by atoms with E-state index in [4.69, 9.17) is 22.4 Å². The summed E-state index contributed by atoms with van der Waals surface area (Å²) in [6.45, 7) is -0.0426. The number of hydrogen-bond donors (Lipinski definition) is 2. The molecule has 1 aliphatic rings. The third-order valence-electron chi connectivity index (χ3n) is 2.67. The lowest BCUT2D eigenvalue weighted by atomic mass is 10.0. The first-order valence-electron chi connectivity index (χ1n) is 4.88.